The summed E-state index contributed by atoms with van der Waals surface area (Å²) in [5.41, 5.74) is 1.23. The number of ether oxygens (including phenoxy) is 1. The maximum Gasteiger partial charge on any atom is 0.261 e. The number of rotatable bonds is 8. The van der Waals surface area contributed by atoms with Crippen LogP contribution in [0, 0.1) is 5.92 Å². The summed E-state index contributed by atoms with van der Waals surface area (Å²) in [6.07, 6.45) is 4.76. The van der Waals surface area contributed by atoms with Crippen molar-refractivity contribution in [3.63, 3.8) is 0 Å². The number of thiophene rings is 1. The van der Waals surface area contributed by atoms with Crippen molar-refractivity contribution in [2.45, 2.75) is 45.6 Å². The lowest BCUT2D eigenvalue weighted by molar-refractivity contribution is 0.0938. The predicted molar refractivity (Wildman–Crippen MR) is 114 cm³/mol. The summed E-state index contributed by atoms with van der Waals surface area (Å²) in [6.45, 7) is 7.99. The largest absolute Gasteiger partial charge is 0.383 e. The molecule has 1 atom stereocenters. The number of carbonyl (C=O) groups excluding carboxylic acids is 1. The second-order valence-corrected chi connectivity index (χ2v) is 8.95. The Hall–Kier alpha value is -1.43. The normalized spacial score (nSPS) is 18.3. The Labute approximate surface area is 166 Å². The van der Waals surface area contributed by atoms with Crippen LogP contribution in [0.25, 0.3) is 10.1 Å². The Morgan fingerprint density at radius 3 is 2.93 bits per heavy atom. The number of nitrogens with one attached hydrogen (secondary N) is 1. The van der Waals surface area contributed by atoms with Gasteiger partial charge in [-0.15, -0.1) is 11.3 Å². The molecule has 3 rings (SSSR count). The second-order valence-electron chi connectivity index (χ2n) is 7.90. The number of benzene rings is 1. The highest BCUT2D eigenvalue weighted by Crippen LogP contribution is 2.34. The fraction of sp³-hybridized carbons (Fsp3) is 0.591. The summed E-state index contributed by atoms with van der Waals surface area (Å²) in [5.74, 6) is 0.705. The van der Waals surface area contributed by atoms with Crippen LogP contribution in [0.1, 0.15) is 48.3 Å². The van der Waals surface area contributed by atoms with Gasteiger partial charge in [0.25, 0.3) is 5.91 Å². The topological polar surface area (TPSA) is 41.6 Å². The number of methoxy groups -OCH3 is 1. The first kappa shape index (κ1) is 20.3. The first-order valence-corrected chi connectivity index (χ1v) is 10.9. The van der Waals surface area contributed by atoms with E-state index in [9.17, 15) is 4.79 Å². The van der Waals surface area contributed by atoms with Crippen molar-refractivity contribution in [3.05, 3.63) is 34.7 Å². The Bertz CT molecular complexity index is 756. The standard InChI is InChI=1S/C22H32N2O2S/c1-16(2)15-24-12-7-6-8-17(24)14-19-18-9-4-5-10-20(18)27-21(19)22(25)23-11-13-26-3/h4-5,9-10,16-17H,6-8,11-15H2,1-3H3,(H,23,25)/t17-/m0/s1. The van der Waals surface area contributed by atoms with E-state index in [1.807, 2.05) is 0 Å². The Balaban J connectivity index is 1.87. The van der Waals surface area contributed by atoms with E-state index in [0.717, 1.165) is 17.8 Å². The average molecular weight is 389 g/mol. The van der Waals surface area contributed by atoms with E-state index in [1.165, 1.54) is 41.5 Å². The minimum Gasteiger partial charge on any atom is -0.383 e. The van der Waals surface area contributed by atoms with E-state index in [2.05, 4.69) is 48.3 Å². The van der Waals surface area contributed by atoms with Gasteiger partial charge < -0.3 is 10.1 Å². The van der Waals surface area contributed by atoms with Crippen LogP contribution in [0.4, 0.5) is 0 Å². The van der Waals surface area contributed by atoms with Crippen LogP contribution >= 0.6 is 11.3 Å². The first-order valence-electron chi connectivity index (χ1n) is 10.1. The van der Waals surface area contributed by atoms with Crippen molar-refractivity contribution in [1.82, 2.24) is 10.2 Å². The van der Waals surface area contributed by atoms with Crippen LogP contribution in [0.2, 0.25) is 0 Å². The van der Waals surface area contributed by atoms with E-state index in [4.69, 9.17) is 4.74 Å². The van der Waals surface area contributed by atoms with E-state index in [-0.39, 0.29) is 5.91 Å². The van der Waals surface area contributed by atoms with Crippen LogP contribution in [-0.4, -0.2) is 50.2 Å². The van der Waals surface area contributed by atoms with Crippen LogP contribution in [0.15, 0.2) is 24.3 Å². The Morgan fingerprint density at radius 2 is 2.15 bits per heavy atom. The molecule has 1 saturated heterocycles. The lowest BCUT2D eigenvalue weighted by Crippen LogP contribution is -2.43. The fourth-order valence-corrected chi connectivity index (χ4v) is 5.22. The number of fused-ring (bicyclic) bond motifs is 1. The van der Waals surface area contributed by atoms with Gasteiger partial charge in [0.1, 0.15) is 0 Å². The molecule has 0 unspecified atom stereocenters. The molecule has 0 bridgehead atoms. The Morgan fingerprint density at radius 1 is 1.33 bits per heavy atom. The number of likely N-dealkylation sites (tertiary alicyclic amines) is 1. The molecule has 2 heterocycles. The molecule has 148 valence electrons. The van der Waals surface area contributed by atoms with E-state index in [1.54, 1.807) is 18.4 Å². The SMILES string of the molecule is COCCNC(=O)c1sc2ccccc2c1C[C@@H]1CCCCN1CC(C)C. The quantitative estimate of drug-likeness (QED) is 0.685. The molecule has 0 saturated carbocycles. The molecule has 2 aromatic rings. The summed E-state index contributed by atoms with van der Waals surface area (Å²) in [4.78, 5) is 16.4. The zero-order chi connectivity index (χ0) is 19.2. The lowest BCUT2D eigenvalue weighted by Gasteiger charge is -2.37. The van der Waals surface area contributed by atoms with Gasteiger partial charge in [-0.25, -0.2) is 0 Å². The first-order chi connectivity index (χ1) is 13.1. The van der Waals surface area contributed by atoms with Gasteiger partial charge >= 0.3 is 0 Å². The maximum atomic E-state index is 12.8. The van der Waals surface area contributed by atoms with Gasteiger partial charge in [-0.05, 0) is 48.7 Å². The molecule has 1 aliphatic rings. The van der Waals surface area contributed by atoms with Crippen LogP contribution in [0.5, 0.6) is 0 Å². The summed E-state index contributed by atoms with van der Waals surface area (Å²) in [7, 11) is 1.66. The van der Waals surface area contributed by atoms with Crippen molar-refractivity contribution in [1.29, 1.82) is 0 Å². The molecule has 0 spiro atoms. The van der Waals surface area contributed by atoms with Gasteiger partial charge in [0.2, 0.25) is 0 Å². The smallest absolute Gasteiger partial charge is 0.261 e. The van der Waals surface area contributed by atoms with Crippen molar-refractivity contribution >= 4 is 27.3 Å². The fourth-order valence-electron chi connectivity index (χ4n) is 4.07. The number of hydrogen-bond acceptors (Lipinski definition) is 4. The molecule has 1 aliphatic heterocycles. The van der Waals surface area contributed by atoms with Gasteiger partial charge in [0, 0.05) is 30.9 Å². The number of hydrogen-bond donors (Lipinski definition) is 1. The molecule has 0 aliphatic carbocycles. The summed E-state index contributed by atoms with van der Waals surface area (Å²) >= 11 is 1.62. The predicted octanol–water partition coefficient (Wildman–Crippen LogP) is 4.33. The molecule has 1 amide bonds. The highest BCUT2D eigenvalue weighted by atomic mass is 32.1. The molecule has 1 aromatic carbocycles. The molecular formula is C22H32N2O2S. The zero-order valence-electron chi connectivity index (χ0n) is 16.8. The number of piperidine rings is 1. The van der Waals surface area contributed by atoms with Crippen molar-refractivity contribution in [2.24, 2.45) is 5.92 Å². The van der Waals surface area contributed by atoms with Crippen molar-refractivity contribution in [2.75, 3.05) is 33.4 Å². The molecule has 4 nitrogen and oxygen atoms in total. The van der Waals surface area contributed by atoms with Crippen LogP contribution in [0.3, 0.4) is 0 Å². The van der Waals surface area contributed by atoms with Gasteiger partial charge in [0.05, 0.1) is 11.5 Å². The van der Waals surface area contributed by atoms with Crippen LogP contribution in [-0.2, 0) is 11.2 Å². The third-order valence-corrected chi connectivity index (χ3v) is 6.50. The summed E-state index contributed by atoms with van der Waals surface area (Å²) in [6, 6.07) is 8.97. The third kappa shape index (κ3) is 5.09. The summed E-state index contributed by atoms with van der Waals surface area (Å²) in [5, 5.41) is 4.26. The van der Waals surface area contributed by atoms with Gasteiger partial charge in [-0.3, -0.25) is 9.69 Å². The van der Waals surface area contributed by atoms with Gasteiger partial charge in [0.15, 0.2) is 0 Å². The third-order valence-electron chi connectivity index (χ3n) is 5.28. The number of nitrogens with zero attached hydrogens (tertiary/aromatic N) is 1. The van der Waals surface area contributed by atoms with Crippen molar-refractivity contribution < 1.29 is 9.53 Å². The summed E-state index contributed by atoms with van der Waals surface area (Å²) < 4.78 is 6.28. The number of amides is 1. The second kappa shape index (κ2) is 9.67. The van der Waals surface area contributed by atoms with E-state index < -0.39 is 0 Å². The minimum absolute atomic E-state index is 0.0365. The van der Waals surface area contributed by atoms with E-state index >= 15 is 0 Å². The zero-order valence-corrected chi connectivity index (χ0v) is 17.6. The highest BCUT2D eigenvalue weighted by Gasteiger charge is 2.27. The highest BCUT2D eigenvalue weighted by molar-refractivity contribution is 7.21. The van der Waals surface area contributed by atoms with Gasteiger partial charge in [-0.2, -0.15) is 0 Å². The number of carbonyl (C=O) groups is 1. The van der Waals surface area contributed by atoms with Gasteiger partial charge in [-0.1, -0.05) is 38.5 Å². The molecule has 0 radical (unpaired) electrons. The molecule has 5 heteroatoms. The van der Waals surface area contributed by atoms with Crippen molar-refractivity contribution in [3.8, 4) is 0 Å². The molecule has 1 fully saturated rings. The minimum atomic E-state index is 0.0365. The monoisotopic (exact) mass is 388 g/mol. The lowest BCUT2D eigenvalue weighted by atomic mass is 9.93. The molecular weight excluding hydrogens is 356 g/mol. The molecule has 1 aromatic heterocycles. The van der Waals surface area contributed by atoms with Crippen LogP contribution < -0.4 is 5.32 Å². The molecule has 27 heavy (non-hydrogen) atoms. The average Bonchev–Trinajstić information content (AvgIpc) is 3.02. The maximum absolute atomic E-state index is 12.8. The molecule has 1 N–H and O–H groups in total. The van der Waals surface area contributed by atoms with E-state index in [0.29, 0.717) is 25.1 Å². The Kier molecular flexibility index (Phi) is 7.27.